The second-order valence-corrected chi connectivity index (χ2v) is 8.60. The Balaban J connectivity index is 1.71. The van der Waals surface area contributed by atoms with Gasteiger partial charge in [0.1, 0.15) is 17.7 Å². The first-order valence-corrected chi connectivity index (χ1v) is 10.3. The van der Waals surface area contributed by atoms with Crippen LogP contribution in [0.15, 0.2) is 48.5 Å². The van der Waals surface area contributed by atoms with E-state index in [9.17, 15) is 19.5 Å². The normalized spacial score (nSPS) is 14.6. The summed E-state index contributed by atoms with van der Waals surface area (Å²) in [5, 5.41) is 14.2. The number of benzene rings is 2. The van der Waals surface area contributed by atoms with Crippen molar-refractivity contribution in [1.29, 1.82) is 0 Å². The molecule has 170 valence electrons. The third kappa shape index (κ3) is 4.60. The molecule has 0 aromatic heterocycles. The molecule has 0 aliphatic heterocycles. The number of hydrogen-bond donors (Lipinski definition) is 3. The second-order valence-electron chi connectivity index (χ2n) is 8.60. The number of carbonyl (C=O) groups excluding carboxylic acids is 2. The van der Waals surface area contributed by atoms with Crippen molar-refractivity contribution in [2.24, 2.45) is 0 Å². The van der Waals surface area contributed by atoms with Crippen LogP contribution in [0.3, 0.4) is 0 Å². The van der Waals surface area contributed by atoms with E-state index in [1.54, 1.807) is 0 Å². The number of fused-ring (bicyclic) bond motifs is 3. The maximum absolute atomic E-state index is 12.8. The van der Waals surface area contributed by atoms with Crippen molar-refractivity contribution in [3.63, 3.8) is 0 Å². The Morgan fingerprint density at radius 3 is 1.97 bits per heavy atom. The number of carbonyl (C=O) groups is 3. The Morgan fingerprint density at radius 2 is 1.47 bits per heavy atom. The van der Waals surface area contributed by atoms with Gasteiger partial charge >= 0.3 is 12.1 Å². The first kappa shape index (κ1) is 23.3. The van der Waals surface area contributed by atoms with Crippen molar-refractivity contribution >= 4 is 18.0 Å². The maximum Gasteiger partial charge on any atom is 0.408 e. The molecular formula is C24H28N2O6. The summed E-state index contributed by atoms with van der Waals surface area (Å²) in [7, 11) is 1.38. The number of nitrogens with one attached hydrogen (secondary N) is 2. The minimum atomic E-state index is -1.52. The van der Waals surface area contributed by atoms with Gasteiger partial charge in [0, 0.05) is 13.0 Å². The Labute approximate surface area is 186 Å². The van der Waals surface area contributed by atoms with Crippen LogP contribution in [-0.4, -0.2) is 54.5 Å². The van der Waals surface area contributed by atoms with Gasteiger partial charge in [0.25, 0.3) is 0 Å². The highest BCUT2D eigenvalue weighted by Gasteiger charge is 2.41. The molecule has 0 bridgehead atoms. The van der Waals surface area contributed by atoms with Gasteiger partial charge in [0.2, 0.25) is 5.91 Å². The van der Waals surface area contributed by atoms with Gasteiger partial charge in [0.15, 0.2) is 0 Å². The van der Waals surface area contributed by atoms with E-state index in [1.165, 1.54) is 27.9 Å². The fraction of sp³-hybridized carbons (Fsp3) is 0.375. The third-order valence-electron chi connectivity index (χ3n) is 5.62. The molecule has 3 rings (SSSR count). The van der Waals surface area contributed by atoms with Crippen molar-refractivity contribution in [2.45, 2.75) is 37.8 Å². The molecule has 1 atom stereocenters. The predicted molar refractivity (Wildman–Crippen MR) is 118 cm³/mol. The molecular weight excluding hydrogens is 412 g/mol. The summed E-state index contributed by atoms with van der Waals surface area (Å²) in [4.78, 5) is 36.8. The van der Waals surface area contributed by atoms with E-state index in [2.05, 4.69) is 10.6 Å². The van der Waals surface area contributed by atoms with Gasteiger partial charge in [-0.05, 0) is 43.0 Å². The Hall–Kier alpha value is -3.39. The largest absolute Gasteiger partial charge is 0.480 e. The number of alkyl carbamates (subject to hydrolysis) is 1. The highest BCUT2D eigenvalue weighted by molar-refractivity contribution is 5.93. The van der Waals surface area contributed by atoms with Gasteiger partial charge in [-0.25, -0.2) is 9.59 Å². The highest BCUT2D eigenvalue weighted by Crippen LogP contribution is 2.44. The van der Waals surface area contributed by atoms with Crippen LogP contribution in [0.25, 0.3) is 11.1 Å². The van der Waals surface area contributed by atoms with Gasteiger partial charge in [-0.3, -0.25) is 4.79 Å². The Kier molecular flexibility index (Phi) is 6.55. The molecule has 3 N–H and O–H groups in total. The van der Waals surface area contributed by atoms with Crippen molar-refractivity contribution in [3.8, 4) is 11.1 Å². The smallest absolute Gasteiger partial charge is 0.408 e. The summed E-state index contributed by atoms with van der Waals surface area (Å²) in [6.45, 7) is 4.08. The maximum atomic E-state index is 12.8. The quantitative estimate of drug-likeness (QED) is 0.582. The van der Waals surface area contributed by atoms with Crippen molar-refractivity contribution in [3.05, 3.63) is 59.7 Å². The van der Waals surface area contributed by atoms with Crippen molar-refractivity contribution in [2.75, 3.05) is 20.3 Å². The van der Waals surface area contributed by atoms with E-state index in [0.29, 0.717) is 0 Å². The second kappa shape index (κ2) is 9.00. The molecule has 0 spiro atoms. The average molecular weight is 440 g/mol. The van der Waals surface area contributed by atoms with E-state index in [1.807, 2.05) is 48.5 Å². The predicted octanol–water partition coefficient (Wildman–Crippen LogP) is 2.91. The molecule has 8 heteroatoms. The fourth-order valence-corrected chi connectivity index (χ4v) is 3.78. The van der Waals surface area contributed by atoms with E-state index in [4.69, 9.17) is 9.47 Å². The van der Waals surface area contributed by atoms with Crippen LogP contribution < -0.4 is 10.6 Å². The topological polar surface area (TPSA) is 114 Å². The number of hydrogen-bond acceptors (Lipinski definition) is 5. The average Bonchev–Trinajstić information content (AvgIpc) is 3.06. The Bertz CT molecular complexity index is 989. The van der Waals surface area contributed by atoms with E-state index >= 15 is 0 Å². The van der Waals surface area contributed by atoms with Crippen LogP contribution >= 0.6 is 0 Å². The number of amides is 2. The summed E-state index contributed by atoms with van der Waals surface area (Å²) in [5.74, 6) is -2.02. The van der Waals surface area contributed by atoms with E-state index < -0.39 is 29.0 Å². The molecule has 1 aliphatic carbocycles. The number of carboxylic acid groups (broad SMARTS) is 1. The van der Waals surface area contributed by atoms with E-state index in [0.717, 1.165) is 22.3 Å². The first-order valence-electron chi connectivity index (χ1n) is 10.3. The summed E-state index contributed by atoms with van der Waals surface area (Å²) in [5.41, 5.74) is 1.32. The molecule has 2 aromatic carbocycles. The fourth-order valence-electron chi connectivity index (χ4n) is 3.78. The molecule has 2 aromatic rings. The van der Waals surface area contributed by atoms with Gasteiger partial charge < -0.3 is 25.2 Å². The standard InChI is InChI=1S/C24H28N2O6/c1-23(2,21(28)29)25-20(27)24(3,14-31-4)26-22(30)32-13-19-17-11-7-5-9-15(17)16-10-6-8-12-18(16)19/h5-12,19H,13-14H2,1-4H3,(H,25,27)(H,26,30)(H,28,29). The van der Waals surface area contributed by atoms with Crippen LogP contribution in [0.5, 0.6) is 0 Å². The minimum Gasteiger partial charge on any atom is -0.480 e. The number of carboxylic acids is 1. The lowest BCUT2D eigenvalue weighted by atomic mass is 9.98. The zero-order valence-corrected chi connectivity index (χ0v) is 18.6. The van der Waals surface area contributed by atoms with Gasteiger partial charge in [-0.15, -0.1) is 0 Å². The Morgan fingerprint density at radius 1 is 0.938 bits per heavy atom. The summed E-state index contributed by atoms with van der Waals surface area (Å²) >= 11 is 0. The number of rotatable bonds is 8. The van der Waals surface area contributed by atoms with E-state index in [-0.39, 0.29) is 19.1 Å². The zero-order valence-electron chi connectivity index (χ0n) is 18.6. The minimum absolute atomic E-state index is 0.0885. The lowest BCUT2D eigenvalue weighted by molar-refractivity contribution is -0.147. The molecule has 0 saturated carbocycles. The first-order chi connectivity index (χ1) is 15.1. The zero-order chi connectivity index (χ0) is 23.5. The highest BCUT2D eigenvalue weighted by atomic mass is 16.5. The molecule has 8 nitrogen and oxygen atoms in total. The molecule has 1 aliphatic rings. The van der Waals surface area contributed by atoms with Crippen LogP contribution in [0.1, 0.15) is 37.8 Å². The summed E-state index contributed by atoms with van der Waals surface area (Å²) in [6.07, 6.45) is -0.797. The van der Waals surface area contributed by atoms with Crippen LogP contribution in [0.2, 0.25) is 0 Å². The molecule has 0 heterocycles. The number of ether oxygens (including phenoxy) is 2. The van der Waals surface area contributed by atoms with Gasteiger partial charge in [-0.1, -0.05) is 48.5 Å². The van der Waals surface area contributed by atoms with Crippen LogP contribution in [0.4, 0.5) is 4.79 Å². The molecule has 2 amide bonds. The number of aliphatic carboxylic acids is 1. The van der Waals surface area contributed by atoms with Crippen LogP contribution in [0, 0.1) is 0 Å². The SMILES string of the molecule is COCC(C)(NC(=O)OCC1c2ccccc2-c2ccccc21)C(=O)NC(C)(C)C(=O)O. The molecule has 0 fully saturated rings. The van der Waals surface area contributed by atoms with Gasteiger partial charge in [-0.2, -0.15) is 0 Å². The summed E-state index contributed by atoms with van der Waals surface area (Å²) in [6, 6.07) is 15.9. The molecule has 32 heavy (non-hydrogen) atoms. The third-order valence-corrected chi connectivity index (χ3v) is 5.62. The van der Waals surface area contributed by atoms with Crippen LogP contribution in [-0.2, 0) is 19.1 Å². The molecule has 0 radical (unpaired) electrons. The lowest BCUT2D eigenvalue weighted by Crippen LogP contribution is -2.64. The molecule has 1 unspecified atom stereocenters. The van der Waals surface area contributed by atoms with Gasteiger partial charge in [0.05, 0.1) is 6.61 Å². The molecule has 0 saturated heterocycles. The monoisotopic (exact) mass is 440 g/mol. The number of methoxy groups -OCH3 is 1. The van der Waals surface area contributed by atoms with Crippen molar-refractivity contribution in [1.82, 2.24) is 10.6 Å². The van der Waals surface area contributed by atoms with Crippen molar-refractivity contribution < 1.29 is 29.0 Å². The summed E-state index contributed by atoms with van der Waals surface area (Å²) < 4.78 is 10.6. The lowest BCUT2D eigenvalue weighted by Gasteiger charge is -2.32.